The summed E-state index contributed by atoms with van der Waals surface area (Å²) in [5, 5.41) is 12.3. The van der Waals surface area contributed by atoms with Crippen LogP contribution in [-0.4, -0.2) is 17.0 Å². The zero-order valence-electron chi connectivity index (χ0n) is 12.0. The number of benzene rings is 1. The summed E-state index contributed by atoms with van der Waals surface area (Å²) < 4.78 is 0. The molecule has 2 aliphatic rings. The van der Waals surface area contributed by atoms with Crippen LogP contribution in [-0.2, 0) is 16.0 Å². The number of hydrogen-bond acceptors (Lipinski definition) is 2. The first kappa shape index (κ1) is 13.9. The normalized spacial score (nSPS) is 29.6. The lowest BCUT2D eigenvalue weighted by molar-refractivity contribution is -0.146. The lowest BCUT2D eigenvalue weighted by atomic mass is 9.82. The number of aliphatic carboxylic acids is 1. The summed E-state index contributed by atoms with van der Waals surface area (Å²) in [6.07, 6.45) is 5.56. The average molecular weight is 285 g/mol. The SMILES string of the molecule is CCc1ccccc1NC(=O)[C@@H]1C2C=CC(C2)[C@@H]1C(=O)O. The molecule has 3 rings (SSSR count). The highest BCUT2D eigenvalue weighted by atomic mass is 16.4. The predicted octanol–water partition coefficient (Wildman–Crippen LogP) is 2.71. The molecule has 4 nitrogen and oxygen atoms in total. The quantitative estimate of drug-likeness (QED) is 0.836. The van der Waals surface area contributed by atoms with E-state index in [1.165, 1.54) is 0 Å². The van der Waals surface area contributed by atoms with E-state index >= 15 is 0 Å². The Bertz CT molecular complexity index is 608. The third-order valence-corrected chi connectivity index (χ3v) is 4.70. The Morgan fingerprint density at radius 1 is 1.19 bits per heavy atom. The van der Waals surface area contributed by atoms with E-state index in [9.17, 15) is 14.7 Å². The molecule has 2 aliphatic carbocycles. The fourth-order valence-corrected chi connectivity index (χ4v) is 3.68. The number of carbonyl (C=O) groups excluding carboxylic acids is 1. The minimum Gasteiger partial charge on any atom is -0.481 e. The smallest absolute Gasteiger partial charge is 0.307 e. The number of anilines is 1. The lowest BCUT2D eigenvalue weighted by Gasteiger charge is -2.24. The van der Waals surface area contributed by atoms with E-state index in [0.29, 0.717) is 0 Å². The summed E-state index contributed by atoms with van der Waals surface area (Å²) >= 11 is 0. The van der Waals surface area contributed by atoms with E-state index in [4.69, 9.17) is 0 Å². The van der Waals surface area contributed by atoms with E-state index < -0.39 is 17.8 Å². The fraction of sp³-hybridized carbons (Fsp3) is 0.412. The monoisotopic (exact) mass is 285 g/mol. The molecule has 1 saturated carbocycles. The van der Waals surface area contributed by atoms with Crippen LogP contribution in [0.15, 0.2) is 36.4 Å². The van der Waals surface area contributed by atoms with Gasteiger partial charge in [-0.1, -0.05) is 37.3 Å². The molecule has 0 radical (unpaired) electrons. The summed E-state index contributed by atoms with van der Waals surface area (Å²) in [6, 6.07) is 7.67. The second kappa shape index (κ2) is 5.35. The van der Waals surface area contributed by atoms with Gasteiger partial charge in [0, 0.05) is 5.69 Å². The third kappa shape index (κ3) is 2.35. The molecule has 4 heteroatoms. The van der Waals surface area contributed by atoms with Crippen LogP contribution in [0.2, 0.25) is 0 Å². The molecule has 4 atom stereocenters. The summed E-state index contributed by atoms with van der Waals surface area (Å²) in [7, 11) is 0. The molecule has 2 N–H and O–H groups in total. The molecule has 1 amide bonds. The van der Waals surface area contributed by atoms with Gasteiger partial charge in [0.25, 0.3) is 0 Å². The fourth-order valence-electron chi connectivity index (χ4n) is 3.68. The highest BCUT2D eigenvalue weighted by Gasteiger charge is 2.51. The molecule has 1 aromatic rings. The topological polar surface area (TPSA) is 66.4 Å². The molecule has 2 bridgehead atoms. The number of amides is 1. The van der Waals surface area contributed by atoms with Crippen molar-refractivity contribution >= 4 is 17.6 Å². The Balaban J connectivity index is 1.82. The zero-order valence-corrected chi connectivity index (χ0v) is 12.0. The second-order valence-electron chi connectivity index (χ2n) is 5.84. The molecule has 110 valence electrons. The molecular formula is C17H19NO3. The van der Waals surface area contributed by atoms with Crippen molar-refractivity contribution < 1.29 is 14.7 Å². The van der Waals surface area contributed by atoms with Crippen molar-refractivity contribution in [3.8, 4) is 0 Å². The number of aryl methyl sites for hydroxylation is 1. The Hall–Kier alpha value is -2.10. The summed E-state index contributed by atoms with van der Waals surface area (Å²) in [5.74, 6) is -2.01. The Kier molecular flexibility index (Phi) is 3.53. The molecule has 0 spiro atoms. The van der Waals surface area contributed by atoms with E-state index in [1.54, 1.807) is 0 Å². The predicted molar refractivity (Wildman–Crippen MR) is 79.8 cm³/mol. The minimum atomic E-state index is -0.865. The van der Waals surface area contributed by atoms with E-state index in [2.05, 4.69) is 5.32 Å². The number of carboxylic acids is 1. The number of hydrogen-bond donors (Lipinski definition) is 2. The second-order valence-corrected chi connectivity index (χ2v) is 5.84. The van der Waals surface area contributed by atoms with Gasteiger partial charge in [-0.3, -0.25) is 9.59 Å². The van der Waals surface area contributed by atoms with Gasteiger partial charge in [-0.15, -0.1) is 0 Å². The van der Waals surface area contributed by atoms with Crippen LogP contribution in [0, 0.1) is 23.7 Å². The van der Waals surface area contributed by atoms with Crippen LogP contribution >= 0.6 is 0 Å². The first-order valence-electron chi connectivity index (χ1n) is 7.41. The van der Waals surface area contributed by atoms with Crippen molar-refractivity contribution in [2.75, 3.05) is 5.32 Å². The van der Waals surface area contributed by atoms with E-state index in [-0.39, 0.29) is 17.7 Å². The van der Waals surface area contributed by atoms with Crippen molar-refractivity contribution in [1.29, 1.82) is 0 Å². The summed E-state index contributed by atoms with van der Waals surface area (Å²) in [6.45, 7) is 2.03. The van der Waals surface area contributed by atoms with Crippen LogP contribution < -0.4 is 5.32 Å². The zero-order chi connectivity index (χ0) is 15.0. The molecule has 0 saturated heterocycles. The summed E-state index contributed by atoms with van der Waals surface area (Å²) in [5.41, 5.74) is 1.86. The molecule has 1 aromatic carbocycles. The molecule has 2 unspecified atom stereocenters. The Labute approximate surface area is 123 Å². The van der Waals surface area contributed by atoms with Crippen molar-refractivity contribution in [2.45, 2.75) is 19.8 Å². The maximum absolute atomic E-state index is 12.6. The van der Waals surface area contributed by atoms with Gasteiger partial charge < -0.3 is 10.4 Å². The van der Waals surface area contributed by atoms with Crippen molar-refractivity contribution in [1.82, 2.24) is 0 Å². The standard InChI is InChI=1S/C17H19NO3/c1-2-10-5-3-4-6-13(10)18-16(19)14-11-7-8-12(9-11)15(14)17(20)21/h3-8,11-12,14-15H,2,9H2,1H3,(H,18,19)(H,20,21)/t11?,12?,14-,15+/m1/s1. The van der Waals surface area contributed by atoms with Gasteiger partial charge in [0.2, 0.25) is 5.91 Å². The van der Waals surface area contributed by atoms with E-state index in [1.807, 2.05) is 43.3 Å². The molecule has 0 aliphatic heterocycles. The van der Waals surface area contributed by atoms with Gasteiger partial charge in [0.1, 0.15) is 0 Å². The first-order valence-corrected chi connectivity index (χ1v) is 7.41. The number of carbonyl (C=O) groups is 2. The average Bonchev–Trinajstić information content (AvgIpc) is 3.08. The minimum absolute atomic E-state index is 0.00432. The van der Waals surface area contributed by atoms with Gasteiger partial charge in [-0.05, 0) is 36.3 Å². The van der Waals surface area contributed by atoms with Crippen LogP contribution in [0.25, 0.3) is 0 Å². The maximum Gasteiger partial charge on any atom is 0.307 e. The number of allylic oxidation sites excluding steroid dienone is 2. The number of fused-ring (bicyclic) bond motifs is 2. The third-order valence-electron chi connectivity index (χ3n) is 4.70. The van der Waals surface area contributed by atoms with Crippen LogP contribution in [0.3, 0.4) is 0 Å². The van der Waals surface area contributed by atoms with Crippen molar-refractivity contribution in [3.05, 3.63) is 42.0 Å². The van der Waals surface area contributed by atoms with Crippen LogP contribution in [0.1, 0.15) is 18.9 Å². The molecule has 21 heavy (non-hydrogen) atoms. The van der Waals surface area contributed by atoms with Gasteiger partial charge in [-0.2, -0.15) is 0 Å². The Morgan fingerprint density at radius 2 is 1.86 bits per heavy atom. The molecule has 1 fully saturated rings. The van der Waals surface area contributed by atoms with Crippen molar-refractivity contribution in [2.24, 2.45) is 23.7 Å². The lowest BCUT2D eigenvalue weighted by Crippen LogP contribution is -2.36. The van der Waals surface area contributed by atoms with Gasteiger partial charge in [0.05, 0.1) is 11.8 Å². The van der Waals surface area contributed by atoms with Gasteiger partial charge in [-0.25, -0.2) is 0 Å². The van der Waals surface area contributed by atoms with Crippen LogP contribution in [0.4, 0.5) is 5.69 Å². The number of rotatable bonds is 4. The molecule has 0 aromatic heterocycles. The molecule has 0 heterocycles. The highest BCUT2D eigenvalue weighted by Crippen LogP contribution is 2.48. The number of carboxylic acid groups (broad SMARTS) is 1. The number of nitrogens with one attached hydrogen (secondary N) is 1. The van der Waals surface area contributed by atoms with Gasteiger partial charge >= 0.3 is 5.97 Å². The largest absolute Gasteiger partial charge is 0.481 e. The van der Waals surface area contributed by atoms with Crippen LogP contribution in [0.5, 0.6) is 0 Å². The van der Waals surface area contributed by atoms with Crippen molar-refractivity contribution in [3.63, 3.8) is 0 Å². The number of para-hydroxylation sites is 1. The maximum atomic E-state index is 12.6. The van der Waals surface area contributed by atoms with Gasteiger partial charge in [0.15, 0.2) is 0 Å². The summed E-state index contributed by atoms with van der Waals surface area (Å²) in [4.78, 5) is 24.0. The van der Waals surface area contributed by atoms with E-state index in [0.717, 1.165) is 24.1 Å². The Morgan fingerprint density at radius 3 is 2.52 bits per heavy atom. The first-order chi connectivity index (χ1) is 10.1. The highest BCUT2D eigenvalue weighted by molar-refractivity contribution is 5.96. The molecular weight excluding hydrogens is 266 g/mol.